The molecule has 0 aliphatic heterocycles. The first kappa shape index (κ1) is 19.5. The van der Waals surface area contributed by atoms with E-state index in [0.717, 1.165) is 6.42 Å². The summed E-state index contributed by atoms with van der Waals surface area (Å²) < 4.78 is 10.8. The predicted molar refractivity (Wildman–Crippen MR) is 102 cm³/mol. The van der Waals surface area contributed by atoms with Crippen LogP contribution in [0.5, 0.6) is 5.75 Å². The van der Waals surface area contributed by atoms with Crippen molar-refractivity contribution >= 4 is 17.6 Å². The number of amides is 1. The van der Waals surface area contributed by atoms with Gasteiger partial charge in [0, 0.05) is 5.69 Å². The Morgan fingerprint density at radius 1 is 1.04 bits per heavy atom. The summed E-state index contributed by atoms with van der Waals surface area (Å²) in [5.41, 5.74) is 2.14. The highest BCUT2D eigenvalue weighted by Gasteiger charge is 2.19. The molecule has 0 radical (unpaired) electrons. The van der Waals surface area contributed by atoms with Crippen LogP contribution in [0, 0.1) is 0 Å². The molecule has 0 bridgehead atoms. The molecule has 0 unspecified atom stereocenters. The fraction of sp³-hybridized carbons (Fsp3) is 0.333. The maximum atomic E-state index is 12.5. The van der Waals surface area contributed by atoms with Crippen LogP contribution in [-0.4, -0.2) is 24.6 Å². The molecule has 5 heteroatoms. The molecule has 0 aliphatic rings. The topological polar surface area (TPSA) is 64.6 Å². The number of hydrogen-bond donors (Lipinski definition) is 1. The number of rotatable bonds is 8. The van der Waals surface area contributed by atoms with Crippen LogP contribution in [0.25, 0.3) is 0 Å². The minimum atomic E-state index is -0.617. The fourth-order valence-corrected chi connectivity index (χ4v) is 2.45. The SMILES string of the molecule is CCOC(=O)c1cccc(NC(=O)[C@H](CC)Oc2ccc(CC)cc2)c1. The molecule has 0 heterocycles. The van der Waals surface area contributed by atoms with Crippen molar-refractivity contribution in [3.8, 4) is 5.75 Å². The van der Waals surface area contributed by atoms with Crippen molar-refractivity contribution in [1.82, 2.24) is 0 Å². The van der Waals surface area contributed by atoms with Gasteiger partial charge in [-0.3, -0.25) is 4.79 Å². The molecule has 1 amide bonds. The van der Waals surface area contributed by atoms with E-state index in [4.69, 9.17) is 9.47 Å². The van der Waals surface area contributed by atoms with Gasteiger partial charge in [0.25, 0.3) is 5.91 Å². The summed E-state index contributed by atoms with van der Waals surface area (Å²) in [7, 11) is 0. The van der Waals surface area contributed by atoms with Crippen LogP contribution in [0.3, 0.4) is 0 Å². The quantitative estimate of drug-likeness (QED) is 0.720. The Balaban J connectivity index is 2.04. The highest BCUT2D eigenvalue weighted by molar-refractivity contribution is 5.96. The van der Waals surface area contributed by atoms with Gasteiger partial charge >= 0.3 is 5.97 Å². The van der Waals surface area contributed by atoms with E-state index in [1.807, 2.05) is 31.2 Å². The van der Waals surface area contributed by atoms with Gasteiger partial charge in [0.05, 0.1) is 12.2 Å². The highest BCUT2D eigenvalue weighted by atomic mass is 16.5. The number of benzene rings is 2. The molecule has 0 saturated carbocycles. The molecule has 2 aromatic carbocycles. The first-order valence-electron chi connectivity index (χ1n) is 8.91. The van der Waals surface area contributed by atoms with E-state index < -0.39 is 12.1 Å². The van der Waals surface area contributed by atoms with E-state index in [1.165, 1.54) is 5.56 Å². The van der Waals surface area contributed by atoms with Crippen molar-refractivity contribution in [1.29, 1.82) is 0 Å². The highest BCUT2D eigenvalue weighted by Crippen LogP contribution is 2.17. The number of hydrogen-bond acceptors (Lipinski definition) is 4. The van der Waals surface area contributed by atoms with Gasteiger partial charge in [-0.2, -0.15) is 0 Å². The van der Waals surface area contributed by atoms with Crippen molar-refractivity contribution in [2.24, 2.45) is 0 Å². The second kappa shape index (κ2) is 9.61. The number of carbonyl (C=O) groups is 2. The van der Waals surface area contributed by atoms with Crippen LogP contribution in [0.15, 0.2) is 48.5 Å². The molecule has 26 heavy (non-hydrogen) atoms. The summed E-state index contributed by atoms with van der Waals surface area (Å²) in [4.78, 5) is 24.3. The normalized spacial score (nSPS) is 11.5. The molecule has 0 aliphatic carbocycles. The third-order valence-corrected chi connectivity index (χ3v) is 3.91. The first-order valence-corrected chi connectivity index (χ1v) is 8.91. The maximum absolute atomic E-state index is 12.5. The van der Waals surface area contributed by atoms with E-state index in [2.05, 4.69) is 12.2 Å². The van der Waals surface area contributed by atoms with Crippen LogP contribution < -0.4 is 10.1 Å². The zero-order valence-electron chi connectivity index (χ0n) is 15.5. The smallest absolute Gasteiger partial charge is 0.338 e. The monoisotopic (exact) mass is 355 g/mol. The molecule has 0 spiro atoms. The van der Waals surface area contributed by atoms with Gasteiger partial charge < -0.3 is 14.8 Å². The summed E-state index contributed by atoms with van der Waals surface area (Å²) in [6, 6.07) is 14.4. The Morgan fingerprint density at radius 2 is 1.77 bits per heavy atom. The van der Waals surface area contributed by atoms with Gasteiger partial charge in [-0.05, 0) is 55.7 Å². The van der Waals surface area contributed by atoms with Crippen LogP contribution in [0.4, 0.5) is 5.69 Å². The number of anilines is 1. The first-order chi connectivity index (χ1) is 12.6. The van der Waals surface area contributed by atoms with Crippen molar-refractivity contribution in [3.05, 3.63) is 59.7 Å². The van der Waals surface area contributed by atoms with Crippen molar-refractivity contribution in [2.75, 3.05) is 11.9 Å². The number of carbonyl (C=O) groups excluding carboxylic acids is 2. The zero-order chi connectivity index (χ0) is 18.9. The van der Waals surface area contributed by atoms with Gasteiger partial charge in [-0.15, -0.1) is 0 Å². The number of esters is 1. The summed E-state index contributed by atoms with van der Waals surface area (Å²) in [5.74, 6) is -0.0135. The van der Waals surface area contributed by atoms with Crippen LogP contribution in [0.1, 0.15) is 43.1 Å². The van der Waals surface area contributed by atoms with Gasteiger partial charge in [-0.25, -0.2) is 4.79 Å². The lowest BCUT2D eigenvalue weighted by Crippen LogP contribution is -2.32. The Kier molecular flexibility index (Phi) is 7.21. The molecular formula is C21H25NO4. The van der Waals surface area contributed by atoms with E-state index in [-0.39, 0.29) is 5.91 Å². The minimum absolute atomic E-state index is 0.256. The Bertz CT molecular complexity index is 740. The number of aryl methyl sites for hydroxylation is 1. The molecular weight excluding hydrogens is 330 g/mol. The van der Waals surface area contributed by atoms with E-state index in [9.17, 15) is 9.59 Å². The van der Waals surface area contributed by atoms with Crippen molar-refractivity contribution in [3.63, 3.8) is 0 Å². The second-order valence-corrected chi connectivity index (χ2v) is 5.80. The van der Waals surface area contributed by atoms with E-state index >= 15 is 0 Å². The lowest BCUT2D eigenvalue weighted by Gasteiger charge is -2.17. The van der Waals surface area contributed by atoms with Crippen LogP contribution in [-0.2, 0) is 16.0 Å². The van der Waals surface area contributed by atoms with Gasteiger partial charge in [0.15, 0.2) is 6.10 Å². The molecule has 138 valence electrons. The second-order valence-electron chi connectivity index (χ2n) is 5.80. The average Bonchev–Trinajstić information content (AvgIpc) is 2.67. The predicted octanol–water partition coefficient (Wildman–Crippen LogP) is 4.22. The maximum Gasteiger partial charge on any atom is 0.338 e. The van der Waals surface area contributed by atoms with Gasteiger partial charge in [0.2, 0.25) is 0 Å². The van der Waals surface area contributed by atoms with Crippen LogP contribution >= 0.6 is 0 Å². The number of nitrogens with one attached hydrogen (secondary N) is 1. The van der Waals surface area contributed by atoms with Crippen molar-refractivity contribution in [2.45, 2.75) is 39.7 Å². The fourth-order valence-electron chi connectivity index (χ4n) is 2.45. The molecule has 2 aromatic rings. The third kappa shape index (κ3) is 5.34. The summed E-state index contributed by atoms with van der Waals surface area (Å²) in [5, 5.41) is 2.80. The summed E-state index contributed by atoms with van der Waals surface area (Å²) in [6.07, 6.45) is 0.863. The molecule has 1 N–H and O–H groups in total. The van der Waals surface area contributed by atoms with E-state index in [0.29, 0.717) is 30.0 Å². The van der Waals surface area contributed by atoms with Crippen LogP contribution in [0.2, 0.25) is 0 Å². The standard InChI is InChI=1S/C21H25NO4/c1-4-15-10-12-18(13-11-15)26-19(5-2)20(23)22-17-9-7-8-16(14-17)21(24)25-6-3/h7-14,19H,4-6H2,1-3H3,(H,22,23)/t19-/m0/s1. The Labute approximate surface area is 154 Å². The lowest BCUT2D eigenvalue weighted by molar-refractivity contribution is -0.122. The lowest BCUT2D eigenvalue weighted by atomic mass is 10.1. The number of ether oxygens (including phenoxy) is 2. The molecule has 5 nitrogen and oxygen atoms in total. The van der Waals surface area contributed by atoms with Crippen molar-refractivity contribution < 1.29 is 19.1 Å². The third-order valence-electron chi connectivity index (χ3n) is 3.91. The molecule has 1 atom stereocenters. The largest absolute Gasteiger partial charge is 0.481 e. The molecule has 0 saturated heterocycles. The minimum Gasteiger partial charge on any atom is -0.481 e. The van der Waals surface area contributed by atoms with Gasteiger partial charge in [0.1, 0.15) is 5.75 Å². The average molecular weight is 355 g/mol. The Morgan fingerprint density at radius 3 is 2.38 bits per heavy atom. The summed E-state index contributed by atoms with van der Waals surface area (Å²) >= 11 is 0. The zero-order valence-corrected chi connectivity index (χ0v) is 15.5. The summed E-state index contributed by atoms with van der Waals surface area (Å²) in [6.45, 7) is 6.03. The van der Waals surface area contributed by atoms with Gasteiger partial charge in [-0.1, -0.05) is 32.0 Å². The molecule has 0 fully saturated rings. The van der Waals surface area contributed by atoms with E-state index in [1.54, 1.807) is 31.2 Å². The Hall–Kier alpha value is -2.82. The molecule has 2 rings (SSSR count). The molecule has 0 aromatic heterocycles.